The van der Waals surface area contributed by atoms with Crippen LogP contribution in [-0.4, -0.2) is 31.7 Å². The highest BCUT2D eigenvalue weighted by atomic mass is 32.2. The molecule has 2 rings (SSSR count). The highest BCUT2D eigenvalue weighted by molar-refractivity contribution is 7.89. The van der Waals surface area contributed by atoms with Gasteiger partial charge in [0.15, 0.2) is 9.84 Å². The van der Waals surface area contributed by atoms with E-state index in [1.165, 1.54) is 6.26 Å². The van der Waals surface area contributed by atoms with Crippen molar-refractivity contribution in [1.82, 2.24) is 0 Å². The number of carboxylic acids is 1. The maximum atomic E-state index is 12.3. The smallest absolute Gasteiger partial charge is 0.306 e. The number of benzene rings is 1. The van der Waals surface area contributed by atoms with E-state index in [0.717, 1.165) is 0 Å². The molecule has 1 aromatic carbocycles. The van der Waals surface area contributed by atoms with E-state index in [9.17, 15) is 18.0 Å². The lowest BCUT2D eigenvalue weighted by molar-refractivity contribution is -0.143. The zero-order valence-corrected chi connectivity index (χ0v) is 13.8. The van der Waals surface area contributed by atoms with Gasteiger partial charge in [-0.2, -0.15) is 0 Å². The molecule has 2 N–H and O–H groups in total. The second kappa shape index (κ2) is 7.12. The number of hydrogen-bond donors (Lipinski definition) is 2. The summed E-state index contributed by atoms with van der Waals surface area (Å²) in [6.07, 6.45) is 3.32. The van der Waals surface area contributed by atoms with Crippen LogP contribution in [0.15, 0.2) is 24.3 Å². The molecule has 1 saturated carbocycles. The Balaban J connectivity index is 1.96. The Kier molecular flexibility index (Phi) is 5.41. The highest BCUT2D eigenvalue weighted by Crippen LogP contribution is 2.29. The van der Waals surface area contributed by atoms with Gasteiger partial charge in [0, 0.05) is 17.9 Å². The lowest BCUT2D eigenvalue weighted by atomic mass is 9.81. The lowest BCUT2D eigenvalue weighted by Crippen LogP contribution is -2.29. The second-order valence-electron chi connectivity index (χ2n) is 6.15. The van der Waals surface area contributed by atoms with Crippen molar-refractivity contribution in [3.63, 3.8) is 0 Å². The second-order valence-corrected chi connectivity index (χ2v) is 8.29. The van der Waals surface area contributed by atoms with Crippen molar-refractivity contribution in [2.75, 3.05) is 11.6 Å². The fraction of sp³-hybridized carbons (Fsp3) is 0.500. The molecular formula is C16H21NO5S. The van der Waals surface area contributed by atoms with Crippen LogP contribution in [0.3, 0.4) is 0 Å². The molecular weight excluding hydrogens is 318 g/mol. The summed E-state index contributed by atoms with van der Waals surface area (Å²) >= 11 is 0. The van der Waals surface area contributed by atoms with Gasteiger partial charge in [-0.15, -0.1) is 0 Å². The monoisotopic (exact) mass is 339 g/mol. The molecule has 0 unspecified atom stereocenters. The van der Waals surface area contributed by atoms with Crippen LogP contribution >= 0.6 is 0 Å². The topological polar surface area (TPSA) is 101 Å². The van der Waals surface area contributed by atoms with Crippen molar-refractivity contribution in [3.05, 3.63) is 29.8 Å². The van der Waals surface area contributed by atoms with E-state index in [-0.39, 0.29) is 23.5 Å². The van der Waals surface area contributed by atoms with Crippen molar-refractivity contribution in [3.8, 4) is 0 Å². The number of carbonyl (C=O) groups excluding carboxylic acids is 1. The molecule has 0 saturated heterocycles. The van der Waals surface area contributed by atoms with E-state index >= 15 is 0 Å². The zero-order valence-electron chi connectivity index (χ0n) is 13.0. The highest BCUT2D eigenvalue weighted by Gasteiger charge is 2.29. The van der Waals surface area contributed by atoms with Gasteiger partial charge in [0.1, 0.15) is 0 Å². The number of amides is 1. The Hall–Kier alpha value is -1.89. The van der Waals surface area contributed by atoms with E-state index < -0.39 is 15.8 Å². The van der Waals surface area contributed by atoms with Gasteiger partial charge in [0.2, 0.25) is 5.91 Å². The molecule has 1 aliphatic rings. The number of rotatable bonds is 5. The SMILES string of the molecule is CS(=O)(=O)Cc1cccc(NC(=O)C2CCC(C(=O)O)CC2)c1. The van der Waals surface area contributed by atoms with E-state index in [4.69, 9.17) is 5.11 Å². The maximum Gasteiger partial charge on any atom is 0.306 e. The number of nitrogens with one attached hydrogen (secondary N) is 1. The summed E-state index contributed by atoms with van der Waals surface area (Å²) in [6, 6.07) is 6.78. The molecule has 1 aliphatic carbocycles. The third kappa shape index (κ3) is 5.35. The first-order chi connectivity index (χ1) is 10.7. The Morgan fingerprint density at radius 3 is 2.35 bits per heavy atom. The molecule has 6 nitrogen and oxygen atoms in total. The molecule has 0 aromatic heterocycles. The normalized spacial score (nSPS) is 21.6. The maximum absolute atomic E-state index is 12.3. The third-order valence-electron chi connectivity index (χ3n) is 4.07. The van der Waals surface area contributed by atoms with Crippen LogP contribution in [0.4, 0.5) is 5.69 Å². The average molecular weight is 339 g/mol. The van der Waals surface area contributed by atoms with Crippen molar-refractivity contribution in [2.45, 2.75) is 31.4 Å². The van der Waals surface area contributed by atoms with Crippen LogP contribution in [0.2, 0.25) is 0 Å². The van der Waals surface area contributed by atoms with Gasteiger partial charge >= 0.3 is 5.97 Å². The van der Waals surface area contributed by atoms with Crippen LogP contribution in [0.1, 0.15) is 31.2 Å². The minimum atomic E-state index is -3.13. The van der Waals surface area contributed by atoms with E-state index in [2.05, 4.69) is 5.32 Å². The van der Waals surface area contributed by atoms with E-state index in [1.54, 1.807) is 24.3 Å². The molecule has 0 atom stereocenters. The first-order valence-electron chi connectivity index (χ1n) is 7.55. The minimum absolute atomic E-state index is 0.0690. The predicted octanol–water partition coefficient (Wildman–Crippen LogP) is 2.06. The van der Waals surface area contributed by atoms with Gasteiger partial charge in [0.05, 0.1) is 11.7 Å². The van der Waals surface area contributed by atoms with E-state index in [0.29, 0.717) is 36.9 Å². The number of aliphatic carboxylic acids is 1. The molecule has 1 aromatic rings. The van der Waals surface area contributed by atoms with Gasteiger partial charge in [-0.05, 0) is 43.4 Å². The molecule has 1 fully saturated rings. The van der Waals surface area contributed by atoms with Gasteiger partial charge in [-0.1, -0.05) is 12.1 Å². The molecule has 1 amide bonds. The van der Waals surface area contributed by atoms with E-state index in [1.807, 2.05) is 0 Å². The summed E-state index contributed by atoms with van der Waals surface area (Å²) in [5.41, 5.74) is 1.19. The summed E-state index contributed by atoms with van der Waals surface area (Å²) in [7, 11) is -3.13. The lowest BCUT2D eigenvalue weighted by Gasteiger charge is -2.25. The first kappa shape index (κ1) is 17.5. The van der Waals surface area contributed by atoms with Crippen LogP contribution in [0.25, 0.3) is 0 Å². The molecule has 0 spiro atoms. The van der Waals surface area contributed by atoms with Gasteiger partial charge < -0.3 is 10.4 Å². The summed E-state index contributed by atoms with van der Waals surface area (Å²) in [5.74, 6) is -1.54. The van der Waals surface area contributed by atoms with Crippen molar-refractivity contribution < 1.29 is 23.1 Å². The van der Waals surface area contributed by atoms with Gasteiger partial charge in [-0.25, -0.2) is 8.42 Å². The predicted molar refractivity (Wildman–Crippen MR) is 86.7 cm³/mol. The molecule has 126 valence electrons. The molecule has 0 bridgehead atoms. The first-order valence-corrected chi connectivity index (χ1v) is 9.61. The quantitative estimate of drug-likeness (QED) is 0.855. The Labute approximate surface area is 135 Å². The molecule has 7 heteroatoms. The van der Waals surface area contributed by atoms with Gasteiger partial charge in [0.25, 0.3) is 0 Å². The third-order valence-corrected chi connectivity index (χ3v) is 4.93. The van der Waals surface area contributed by atoms with Crippen LogP contribution < -0.4 is 5.32 Å². The molecule has 0 aliphatic heterocycles. The number of anilines is 1. The zero-order chi connectivity index (χ0) is 17.0. The number of hydrogen-bond acceptors (Lipinski definition) is 4. The van der Waals surface area contributed by atoms with Crippen molar-refractivity contribution >= 4 is 27.4 Å². The summed E-state index contributed by atoms with van der Waals surface area (Å²) < 4.78 is 22.7. The number of carboxylic acid groups (broad SMARTS) is 1. The largest absolute Gasteiger partial charge is 0.481 e. The Bertz CT molecular complexity index is 690. The van der Waals surface area contributed by atoms with Crippen LogP contribution in [0.5, 0.6) is 0 Å². The Morgan fingerprint density at radius 1 is 1.17 bits per heavy atom. The fourth-order valence-corrected chi connectivity index (χ4v) is 3.67. The minimum Gasteiger partial charge on any atom is -0.481 e. The number of carbonyl (C=O) groups is 2. The fourth-order valence-electron chi connectivity index (χ4n) is 2.89. The molecule has 0 radical (unpaired) electrons. The van der Waals surface area contributed by atoms with Crippen LogP contribution in [-0.2, 0) is 25.2 Å². The summed E-state index contributed by atoms with van der Waals surface area (Å²) in [5, 5.41) is 11.8. The molecule has 0 heterocycles. The Morgan fingerprint density at radius 2 is 1.78 bits per heavy atom. The van der Waals surface area contributed by atoms with Crippen molar-refractivity contribution in [1.29, 1.82) is 0 Å². The number of sulfone groups is 1. The summed E-state index contributed by atoms with van der Waals surface area (Å²) in [4.78, 5) is 23.2. The van der Waals surface area contributed by atoms with Crippen LogP contribution in [0, 0.1) is 11.8 Å². The standard InChI is InChI=1S/C16H21NO5S/c1-23(21,22)10-11-3-2-4-14(9-11)17-15(18)12-5-7-13(8-6-12)16(19)20/h2-4,9,12-13H,5-8,10H2,1H3,(H,17,18)(H,19,20). The average Bonchev–Trinajstić information content (AvgIpc) is 2.46. The molecule has 23 heavy (non-hydrogen) atoms. The summed E-state index contributed by atoms with van der Waals surface area (Å²) in [6.45, 7) is 0. The van der Waals surface area contributed by atoms with Crippen molar-refractivity contribution in [2.24, 2.45) is 11.8 Å². The van der Waals surface area contributed by atoms with Gasteiger partial charge in [-0.3, -0.25) is 9.59 Å².